The molecule has 0 aliphatic heterocycles. The van der Waals surface area contributed by atoms with Crippen molar-refractivity contribution in [1.82, 2.24) is 0 Å². The summed E-state index contributed by atoms with van der Waals surface area (Å²) < 4.78 is 38.6. The lowest BCUT2D eigenvalue weighted by atomic mass is 9.80. The maximum Gasteiger partial charge on any atom is 0.137 e. The van der Waals surface area contributed by atoms with Crippen molar-refractivity contribution >= 4 is 0 Å². The molecule has 1 saturated carbocycles. The molecule has 0 nitrogen and oxygen atoms in total. The Hall–Kier alpha value is -0.210. The standard InChI is InChI=1S/C8H13F3/c1-4-3-6(9)5(2)8(11)7(4)10/h4-8H,3H2,1-2H3. The number of alkyl halides is 3. The molecule has 1 rings (SSSR count). The van der Waals surface area contributed by atoms with E-state index in [0.29, 0.717) is 0 Å². The summed E-state index contributed by atoms with van der Waals surface area (Å²) in [6.07, 6.45) is -4.11. The van der Waals surface area contributed by atoms with Crippen molar-refractivity contribution in [2.24, 2.45) is 11.8 Å². The summed E-state index contributed by atoms with van der Waals surface area (Å²) in [4.78, 5) is 0. The van der Waals surface area contributed by atoms with Gasteiger partial charge in [-0.2, -0.15) is 0 Å². The lowest BCUT2D eigenvalue weighted by molar-refractivity contribution is -0.0121. The van der Waals surface area contributed by atoms with Crippen molar-refractivity contribution in [2.45, 2.75) is 38.8 Å². The van der Waals surface area contributed by atoms with E-state index in [0.717, 1.165) is 0 Å². The third-order valence-corrected chi connectivity index (χ3v) is 2.52. The van der Waals surface area contributed by atoms with Gasteiger partial charge in [-0.05, 0) is 12.3 Å². The van der Waals surface area contributed by atoms with E-state index in [2.05, 4.69) is 0 Å². The molecule has 0 N–H and O–H groups in total. The number of hydrogen-bond donors (Lipinski definition) is 0. The first-order valence-electron chi connectivity index (χ1n) is 3.96. The molecule has 0 spiro atoms. The second-order valence-corrected chi connectivity index (χ2v) is 3.48. The maximum absolute atomic E-state index is 12.9. The minimum Gasteiger partial charge on any atom is -0.247 e. The van der Waals surface area contributed by atoms with Gasteiger partial charge in [0.25, 0.3) is 0 Å². The third-order valence-electron chi connectivity index (χ3n) is 2.52. The molecule has 1 aliphatic carbocycles. The van der Waals surface area contributed by atoms with Gasteiger partial charge in [0.05, 0.1) is 0 Å². The second kappa shape index (κ2) is 3.03. The van der Waals surface area contributed by atoms with Crippen molar-refractivity contribution in [1.29, 1.82) is 0 Å². The van der Waals surface area contributed by atoms with Crippen LogP contribution in [0.25, 0.3) is 0 Å². The number of rotatable bonds is 0. The predicted octanol–water partition coefficient (Wildman–Crippen LogP) is 2.68. The minimum absolute atomic E-state index is 0.156. The van der Waals surface area contributed by atoms with Crippen molar-refractivity contribution in [2.75, 3.05) is 0 Å². The molecule has 0 amide bonds. The molecule has 66 valence electrons. The predicted molar refractivity (Wildman–Crippen MR) is 37.6 cm³/mol. The van der Waals surface area contributed by atoms with Crippen molar-refractivity contribution in [3.8, 4) is 0 Å². The highest BCUT2D eigenvalue weighted by molar-refractivity contribution is 4.89. The van der Waals surface area contributed by atoms with Gasteiger partial charge in [0.1, 0.15) is 18.5 Å². The Morgan fingerprint density at radius 2 is 1.55 bits per heavy atom. The molecule has 0 radical (unpaired) electrons. The van der Waals surface area contributed by atoms with E-state index < -0.39 is 30.4 Å². The normalized spacial score (nSPS) is 52.6. The van der Waals surface area contributed by atoms with E-state index in [4.69, 9.17) is 0 Å². The average molecular weight is 166 g/mol. The molecule has 0 heterocycles. The first-order valence-corrected chi connectivity index (χ1v) is 3.96. The van der Waals surface area contributed by atoms with E-state index in [9.17, 15) is 13.2 Å². The summed E-state index contributed by atoms with van der Waals surface area (Å²) in [6.45, 7) is 2.98. The van der Waals surface area contributed by atoms with Gasteiger partial charge in [0.2, 0.25) is 0 Å². The Morgan fingerprint density at radius 1 is 1.00 bits per heavy atom. The molecular weight excluding hydrogens is 153 g/mol. The van der Waals surface area contributed by atoms with Crippen LogP contribution in [0.15, 0.2) is 0 Å². The minimum atomic E-state index is -1.62. The first-order chi connectivity index (χ1) is 5.04. The zero-order valence-corrected chi connectivity index (χ0v) is 6.73. The summed E-state index contributed by atoms with van der Waals surface area (Å²) in [5.74, 6) is -1.25. The van der Waals surface area contributed by atoms with E-state index in [1.54, 1.807) is 6.92 Å². The molecule has 5 atom stereocenters. The van der Waals surface area contributed by atoms with Crippen LogP contribution in [0, 0.1) is 11.8 Å². The third kappa shape index (κ3) is 1.52. The lowest BCUT2D eigenvalue weighted by Gasteiger charge is -2.33. The van der Waals surface area contributed by atoms with E-state index >= 15 is 0 Å². The van der Waals surface area contributed by atoms with E-state index in [1.807, 2.05) is 0 Å². The van der Waals surface area contributed by atoms with Crippen molar-refractivity contribution in [3.63, 3.8) is 0 Å². The van der Waals surface area contributed by atoms with Crippen LogP contribution in [0.3, 0.4) is 0 Å². The fraction of sp³-hybridized carbons (Fsp3) is 1.00. The zero-order valence-electron chi connectivity index (χ0n) is 6.73. The Kier molecular flexibility index (Phi) is 2.45. The van der Waals surface area contributed by atoms with Gasteiger partial charge < -0.3 is 0 Å². The average Bonchev–Trinajstić information content (AvgIpc) is 1.97. The first kappa shape index (κ1) is 8.88. The van der Waals surface area contributed by atoms with Crippen LogP contribution in [0.4, 0.5) is 13.2 Å². The molecule has 5 unspecified atom stereocenters. The van der Waals surface area contributed by atoms with Gasteiger partial charge in [-0.25, -0.2) is 13.2 Å². The molecule has 11 heavy (non-hydrogen) atoms. The van der Waals surface area contributed by atoms with Gasteiger partial charge in [-0.3, -0.25) is 0 Å². The summed E-state index contributed by atoms with van der Waals surface area (Å²) in [5.41, 5.74) is 0. The Labute approximate surface area is 64.8 Å². The van der Waals surface area contributed by atoms with Crippen molar-refractivity contribution in [3.05, 3.63) is 0 Å². The highest BCUT2D eigenvalue weighted by Gasteiger charge is 2.41. The van der Waals surface area contributed by atoms with Crippen LogP contribution in [-0.4, -0.2) is 18.5 Å². The fourth-order valence-electron chi connectivity index (χ4n) is 1.50. The van der Waals surface area contributed by atoms with Crippen LogP contribution in [0.1, 0.15) is 20.3 Å². The molecule has 0 bridgehead atoms. The van der Waals surface area contributed by atoms with Crippen molar-refractivity contribution < 1.29 is 13.2 Å². The largest absolute Gasteiger partial charge is 0.247 e. The molecule has 0 saturated heterocycles. The van der Waals surface area contributed by atoms with Crippen LogP contribution < -0.4 is 0 Å². The molecule has 1 fully saturated rings. The van der Waals surface area contributed by atoms with Crippen LogP contribution in [0.5, 0.6) is 0 Å². The van der Waals surface area contributed by atoms with Gasteiger partial charge in [-0.1, -0.05) is 13.8 Å². The highest BCUT2D eigenvalue weighted by Crippen LogP contribution is 2.35. The summed E-state index contributed by atoms with van der Waals surface area (Å²) in [5, 5.41) is 0. The van der Waals surface area contributed by atoms with Gasteiger partial charge in [-0.15, -0.1) is 0 Å². The number of halogens is 3. The summed E-state index contributed by atoms with van der Waals surface area (Å²) in [7, 11) is 0. The molecule has 0 aromatic heterocycles. The monoisotopic (exact) mass is 166 g/mol. The maximum atomic E-state index is 12.9. The Balaban J connectivity index is 2.63. The highest BCUT2D eigenvalue weighted by atomic mass is 19.2. The second-order valence-electron chi connectivity index (χ2n) is 3.48. The molecular formula is C8H13F3. The van der Waals surface area contributed by atoms with E-state index in [1.165, 1.54) is 6.92 Å². The Morgan fingerprint density at radius 3 is 2.09 bits per heavy atom. The molecule has 0 aromatic carbocycles. The Bertz CT molecular complexity index is 123. The van der Waals surface area contributed by atoms with Gasteiger partial charge in [0.15, 0.2) is 0 Å². The SMILES string of the molecule is CC1CC(F)C(C)C(F)C1F. The molecule has 1 aliphatic rings. The summed E-state index contributed by atoms with van der Waals surface area (Å²) in [6, 6.07) is 0. The lowest BCUT2D eigenvalue weighted by Crippen LogP contribution is -2.41. The quantitative estimate of drug-likeness (QED) is 0.519. The van der Waals surface area contributed by atoms with Crippen LogP contribution >= 0.6 is 0 Å². The number of hydrogen-bond acceptors (Lipinski definition) is 0. The zero-order chi connectivity index (χ0) is 8.59. The molecule has 0 aromatic rings. The van der Waals surface area contributed by atoms with E-state index in [-0.39, 0.29) is 6.42 Å². The summed E-state index contributed by atoms with van der Waals surface area (Å²) >= 11 is 0. The topological polar surface area (TPSA) is 0 Å². The smallest absolute Gasteiger partial charge is 0.137 e. The molecule has 3 heteroatoms. The van der Waals surface area contributed by atoms with Gasteiger partial charge in [0, 0.05) is 5.92 Å². The fourth-order valence-corrected chi connectivity index (χ4v) is 1.50. The van der Waals surface area contributed by atoms with Crippen LogP contribution in [-0.2, 0) is 0 Å². The van der Waals surface area contributed by atoms with Gasteiger partial charge >= 0.3 is 0 Å². The van der Waals surface area contributed by atoms with Crippen LogP contribution in [0.2, 0.25) is 0 Å².